The second-order valence-electron chi connectivity index (χ2n) is 5.72. The Morgan fingerprint density at radius 3 is 2.91 bits per heavy atom. The van der Waals surface area contributed by atoms with Gasteiger partial charge in [-0.05, 0) is 18.9 Å². The van der Waals surface area contributed by atoms with Gasteiger partial charge < -0.3 is 4.52 Å². The number of hydrogen-bond acceptors (Lipinski definition) is 5. The van der Waals surface area contributed by atoms with Crippen LogP contribution in [-0.4, -0.2) is 19.9 Å². The minimum Gasteiger partial charge on any atom is -0.339 e. The number of rotatable bonds is 3. The monoisotopic (exact) mass is 296 g/mol. The van der Waals surface area contributed by atoms with Gasteiger partial charge in [0.1, 0.15) is 6.54 Å². The van der Waals surface area contributed by atoms with Gasteiger partial charge >= 0.3 is 0 Å². The van der Waals surface area contributed by atoms with E-state index in [0.29, 0.717) is 23.0 Å². The van der Waals surface area contributed by atoms with E-state index in [-0.39, 0.29) is 12.1 Å². The maximum atomic E-state index is 12.4. The van der Waals surface area contributed by atoms with E-state index in [9.17, 15) is 4.79 Å². The molecule has 22 heavy (non-hydrogen) atoms. The average molecular weight is 296 g/mol. The van der Waals surface area contributed by atoms with Crippen LogP contribution in [0.4, 0.5) is 0 Å². The Balaban J connectivity index is 1.63. The summed E-state index contributed by atoms with van der Waals surface area (Å²) in [6, 6.07) is 7.41. The molecular formula is C16H16N4O2. The van der Waals surface area contributed by atoms with Crippen molar-refractivity contribution < 1.29 is 4.52 Å². The first kappa shape index (κ1) is 13.2. The maximum Gasteiger partial charge on any atom is 0.275 e. The normalized spacial score (nSPS) is 15.6. The molecule has 4 rings (SSSR count). The highest BCUT2D eigenvalue weighted by atomic mass is 16.5. The molecule has 0 aliphatic heterocycles. The zero-order chi connectivity index (χ0) is 14.9. The van der Waals surface area contributed by atoms with Gasteiger partial charge in [-0.2, -0.15) is 10.1 Å². The molecular weight excluding hydrogens is 280 g/mol. The summed E-state index contributed by atoms with van der Waals surface area (Å²) in [4.78, 5) is 16.8. The Labute approximate surface area is 126 Å². The lowest BCUT2D eigenvalue weighted by atomic mass is 10.1. The zero-order valence-electron chi connectivity index (χ0n) is 12.1. The molecule has 1 aromatic carbocycles. The SMILES string of the molecule is O=c1c2ccccc2cnn1Cc1noc(C2CCCC2)n1. The number of fused-ring (bicyclic) bond motifs is 1. The van der Waals surface area contributed by atoms with E-state index in [1.807, 2.05) is 18.2 Å². The highest BCUT2D eigenvalue weighted by Crippen LogP contribution is 2.32. The molecule has 1 aliphatic carbocycles. The van der Waals surface area contributed by atoms with Gasteiger partial charge in [-0.3, -0.25) is 4.79 Å². The Kier molecular flexibility index (Phi) is 3.21. The second-order valence-corrected chi connectivity index (χ2v) is 5.72. The number of hydrogen-bond donors (Lipinski definition) is 0. The molecule has 6 heteroatoms. The van der Waals surface area contributed by atoms with Crippen molar-refractivity contribution in [3.05, 3.63) is 52.5 Å². The summed E-state index contributed by atoms with van der Waals surface area (Å²) in [7, 11) is 0. The number of aromatic nitrogens is 4. The van der Waals surface area contributed by atoms with Crippen molar-refractivity contribution in [2.45, 2.75) is 38.1 Å². The molecule has 3 aromatic rings. The molecule has 0 saturated heterocycles. The highest BCUT2D eigenvalue weighted by Gasteiger charge is 2.23. The van der Waals surface area contributed by atoms with E-state index in [1.165, 1.54) is 17.5 Å². The lowest BCUT2D eigenvalue weighted by Crippen LogP contribution is -2.23. The van der Waals surface area contributed by atoms with Crippen LogP contribution in [0.25, 0.3) is 10.8 Å². The summed E-state index contributed by atoms with van der Waals surface area (Å²) >= 11 is 0. The van der Waals surface area contributed by atoms with E-state index in [0.717, 1.165) is 18.2 Å². The first-order chi connectivity index (χ1) is 10.8. The third-order valence-corrected chi connectivity index (χ3v) is 4.24. The molecule has 0 radical (unpaired) electrons. The lowest BCUT2D eigenvalue weighted by molar-refractivity contribution is 0.349. The largest absolute Gasteiger partial charge is 0.339 e. The van der Waals surface area contributed by atoms with E-state index in [2.05, 4.69) is 15.2 Å². The van der Waals surface area contributed by atoms with Gasteiger partial charge in [0.25, 0.3) is 5.56 Å². The van der Waals surface area contributed by atoms with E-state index >= 15 is 0 Å². The molecule has 0 bridgehead atoms. The van der Waals surface area contributed by atoms with Crippen molar-refractivity contribution >= 4 is 10.8 Å². The molecule has 0 amide bonds. The fraction of sp³-hybridized carbons (Fsp3) is 0.375. The Morgan fingerprint density at radius 2 is 2.05 bits per heavy atom. The van der Waals surface area contributed by atoms with Crippen LogP contribution in [0.15, 0.2) is 39.8 Å². The van der Waals surface area contributed by atoms with Crippen molar-refractivity contribution in [2.24, 2.45) is 0 Å². The van der Waals surface area contributed by atoms with Crippen molar-refractivity contribution in [3.63, 3.8) is 0 Å². The summed E-state index contributed by atoms with van der Waals surface area (Å²) in [5.41, 5.74) is -0.134. The minimum atomic E-state index is -0.134. The predicted molar refractivity (Wildman–Crippen MR) is 80.6 cm³/mol. The molecule has 1 fully saturated rings. The van der Waals surface area contributed by atoms with Crippen LogP contribution in [0.1, 0.15) is 43.3 Å². The summed E-state index contributed by atoms with van der Waals surface area (Å²) in [5.74, 6) is 1.58. The zero-order valence-corrected chi connectivity index (χ0v) is 12.1. The predicted octanol–water partition coefficient (Wildman–Crippen LogP) is 2.49. The molecule has 2 aromatic heterocycles. The van der Waals surface area contributed by atoms with Gasteiger partial charge in [-0.1, -0.05) is 36.2 Å². The van der Waals surface area contributed by atoms with Gasteiger partial charge in [0.2, 0.25) is 5.89 Å². The van der Waals surface area contributed by atoms with Gasteiger partial charge in [0, 0.05) is 11.3 Å². The van der Waals surface area contributed by atoms with Crippen LogP contribution in [0.3, 0.4) is 0 Å². The van der Waals surface area contributed by atoms with Crippen LogP contribution in [-0.2, 0) is 6.54 Å². The van der Waals surface area contributed by atoms with Crippen LogP contribution < -0.4 is 5.56 Å². The summed E-state index contributed by atoms with van der Waals surface area (Å²) in [6.07, 6.45) is 6.34. The summed E-state index contributed by atoms with van der Waals surface area (Å²) in [5, 5.41) is 9.67. The van der Waals surface area contributed by atoms with Crippen molar-refractivity contribution in [1.29, 1.82) is 0 Å². The van der Waals surface area contributed by atoms with Crippen molar-refractivity contribution in [3.8, 4) is 0 Å². The average Bonchev–Trinajstić information content (AvgIpc) is 3.21. The summed E-state index contributed by atoms with van der Waals surface area (Å²) in [6.45, 7) is 0.236. The number of nitrogens with zero attached hydrogens (tertiary/aromatic N) is 4. The fourth-order valence-corrected chi connectivity index (χ4v) is 3.04. The molecule has 112 valence electrons. The Hall–Kier alpha value is -2.50. The second kappa shape index (κ2) is 5.36. The molecule has 0 spiro atoms. The maximum absolute atomic E-state index is 12.4. The van der Waals surface area contributed by atoms with E-state index in [4.69, 9.17) is 4.52 Å². The molecule has 1 aliphatic rings. The topological polar surface area (TPSA) is 73.8 Å². The molecule has 0 atom stereocenters. The van der Waals surface area contributed by atoms with E-state index < -0.39 is 0 Å². The quantitative estimate of drug-likeness (QED) is 0.742. The van der Waals surface area contributed by atoms with Crippen LogP contribution in [0.5, 0.6) is 0 Å². The highest BCUT2D eigenvalue weighted by molar-refractivity contribution is 5.80. The van der Waals surface area contributed by atoms with Gasteiger partial charge in [-0.25, -0.2) is 4.68 Å². The lowest BCUT2D eigenvalue weighted by Gasteiger charge is -2.03. The molecule has 0 N–H and O–H groups in total. The fourth-order valence-electron chi connectivity index (χ4n) is 3.04. The van der Waals surface area contributed by atoms with Crippen LogP contribution in [0, 0.1) is 0 Å². The third kappa shape index (κ3) is 2.30. The Bertz CT molecular complexity index is 862. The third-order valence-electron chi connectivity index (χ3n) is 4.24. The Morgan fingerprint density at radius 1 is 1.23 bits per heavy atom. The number of benzene rings is 1. The molecule has 1 saturated carbocycles. The first-order valence-electron chi connectivity index (χ1n) is 7.58. The van der Waals surface area contributed by atoms with Crippen molar-refractivity contribution in [2.75, 3.05) is 0 Å². The van der Waals surface area contributed by atoms with Gasteiger partial charge in [-0.15, -0.1) is 0 Å². The standard InChI is InChI=1S/C16H16N4O2/c21-16-13-8-4-3-7-12(13)9-17-20(16)10-14-18-15(22-19-14)11-5-1-2-6-11/h3-4,7-9,11H,1-2,5-6,10H2. The van der Waals surface area contributed by atoms with Crippen molar-refractivity contribution in [1.82, 2.24) is 19.9 Å². The van der Waals surface area contributed by atoms with Gasteiger partial charge in [0.15, 0.2) is 5.82 Å². The molecule has 6 nitrogen and oxygen atoms in total. The smallest absolute Gasteiger partial charge is 0.275 e. The first-order valence-corrected chi connectivity index (χ1v) is 7.58. The molecule has 2 heterocycles. The minimum absolute atomic E-state index is 0.134. The van der Waals surface area contributed by atoms with E-state index in [1.54, 1.807) is 12.3 Å². The van der Waals surface area contributed by atoms with Gasteiger partial charge in [0.05, 0.1) is 11.6 Å². The van der Waals surface area contributed by atoms with Crippen LogP contribution >= 0.6 is 0 Å². The molecule has 0 unspecified atom stereocenters. The summed E-state index contributed by atoms with van der Waals surface area (Å²) < 4.78 is 6.72. The van der Waals surface area contributed by atoms with Crippen LogP contribution in [0.2, 0.25) is 0 Å².